The quantitative estimate of drug-likeness (QED) is 0.267. The van der Waals surface area contributed by atoms with Gasteiger partial charge in [-0.25, -0.2) is 8.78 Å². The third-order valence-electron chi connectivity index (χ3n) is 6.52. The second-order valence-electron chi connectivity index (χ2n) is 8.80. The van der Waals surface area contributed by atoms with Crippen LogP contribution in [-0.2, 0) is 0 Å². The molecule has 0 unspecified atom stereocenters. The van der Waals surface area contributed by atoms with Gasteiger partial charge in [0.15, 0.2) is 5.05 Å². The number of rotatable bonds is 10. The Morgan fingerprint density at radius 3 is 2.16 bits per heavy atom. The van der Waals surface area contributed by atoms with E-state index in [9.17, 15) is 8.78 Å². The third-order valence-corrected chi connectivity index (χ3v) is 6.84. The normalized spacial score (nSPS) is 18.8. The Balaban J connectivity index is 1.44. The summed E-state index contributed by atoms with van der Waals surface area (Å²) in [5.74, 6) is 2.24. The molecule has 1 aliphatic carbocycles. The summed E-state index contributed by atoms with van der Waals surface area (Å²) in [6.07, 6.45) is 11.0. The maximum atomic E-state index is 12.7. The number of ether oxygens (including phenoxy) is 1. The molecular formula is C27H34F2OS. The largest absolute Gasteiger partial charge is 0.445 e. The van der Waals surface area contributed by atoms with Crippen LogP contribution < -0.4 is 4.74 Å². The molecule has 168 valence electrons. The van der Waals surface area contributed by atoms with Gasteiger partial charge in [-0.1, -0.05) is 69.7 Å². The van der Waals surface area contributed by atoms with Crippen LogP contribution in [0, 0.1) is 5.92 Å². The highest BCUT2D eigenvalue weighted by atomic mass is 32.1. The highest BCUT2D eigenvalue weighted by Gasteiger charge is 2.22. The zero-order valence-corrected chi connectivity index (χ0v) is 19.3. The molecule has 0 saturated heterocycles. The average molecular weight is 445 g/mol. The van der Waals surface area contributed by atoms with Crippen LogP contribution in [0.15, 0.2) is 48.5 Å². The topological polar surface area (TPSA) is 9.23 Å². The van der Waals surface area contributed by atoms with Crippen LogP contribution in [0.1, 0.15) is 100 Å². The Labute approximate surface area is 191 Å². The van der Waals surface area contributed by atoms with Gasteiger partial charge in [-0.05, 0) is 79.6 Å². The summed E-state index contributed by atoms with van der Waals surface area (Å²) in [7, 11) is 0. The van der Waals surface area contributed by atoms with Gasteiger partial charge in [-0.2, -0.15) is 0 Å². The Bertz CT molecular complexity index is 793. The number of alkyl halides is 2. The summed E-state index contributed by atoms with van der Waals surface area (Å²) in [5, 5.41) is 0.299. The summed E-state index contributed by atoms with van der Waals surface area (Å²) in [6.45, 7) is 2.27. The molecule has 0 aromatic heterocycles. The van der Waals surface area contributed by atoms with Gasteiger partial charge in [-0.15, -0.1) is 0 Å². The molecular weight excluding hydrogens is 410 g/mol. The fourth-order valence-electron chi connectivity index (χ4n) is 4.56. The molecule has 0 aliphatic heterocycles. The van der Waals surface area contributed by atoms with Crippen LogP contribution in [0.25, 0.3) is 0 Å². The smallest absolute Gasteiger partial charge is 0.263 e. The first-order chi connectivity index (χ1) is 15.1. The zero-order valence-electron chi connectivity index (χ0n) is 18.5. The molecule has 3 rings (SSSR count). The Hall–Kier alpha value is -1.81. The van der Waals surface area contributed by atoms with Crippen LogP contribution in [0.5, 0.6) is 5.75 Å². The molecule has 1 saturated carbocycles. The lowest BCUT2D eigenvalue weighted by atomic mass is 9.77. The monoisotopic (exact) mass is 444 g/mol. The Kier molecular flexibility index (Phi) is 9.45. The number of benzene rings is 2. The first-order valence-electron chi connectivity index (χ1n) is 11.8. The van der Waals surface area contributed by atoms with E-state index in [4.69, 9.17) is 17.0 Å². The van der Waals surface area contributed by atoms with Gasteiger partial charge < -0.3 is 4.74 Å². The minimum atomic E-state index is -2.48. The fraction of sp³-hybridized carbons (Fsp3) is 0.519. The van der Waals surface area contributed by atoms with Crippen molar-refractivity contribution in [3.8, 4) is 5.75 Å². The van der Waals surface area contributed by atoms with Gasteiger partial charge >= 0.3 is 0 Å². The van der Waals surface area contributed by atoms with Crippen molar-refractivity contribution in [1.29, 1.82) is 0 Å². The highest BCUT2D eigenvalue weighted by molar-refractivity contribution is 7.80. The molecule has 0 radical (unpaired) electrons. The Morgan fingerprint density at radius 2 is 1.55 bits per heavy atom. The second kappa shape index (κ2) is 12.3. The van der Waals surface area contributed by atoms with Crippen molar-refractivity contribution in [2.24, 2.45) is 5.92 Å². The van der Waals surface area contributed by atoms with Crippen LogP contribution in [-0.4, -0.2) is 5.05 Å². The summed E-state index contributed by atoms with van der Waals surface area (Å²) >= 11 is 5.33. The number of unbranched alkanes of at least 4 members (excludes halogenated alkanes) is 4. The third kappa shape index (κ3) is 7.38. The van der Waals surface area contributed by atoms with Gasteiger partial charge in [0, 0.05) is 11.1 Å². The molecule has 0 atom stereocenters. The first kappa shape index (κ1) is 23.8. The summed E-state index contributed by atoms with van der Waals surface area (Å²) < 4.78 is 31.2. The molecule has 0 bridgehead atoms. The molecule has 31 heavy (non-hydrogen) atoms. The summed E-state index contributed by atoms with van der Waals surface area (Å²) in [4.78, 5) is 0. The minimum Gasteiger partial charge on any atom is -0.445 e. The maximum Gasteiger partial charge on any atom is 0.263 e. The molecule has 0 heterocycles. The van der Waals surface area contributed by atoms with E-state index in [0.717, 1.165) is 5.92 Å². The number of hydrogen-bond acceptors (Lipinski definition) is 2. The SMILES string of the molecule is CCCCCCCC1CCC(c2ccc(OC(=S)c3ccc(C(F)F)cc3)cc2)CC1. The standard InChI is InChI=1S/C27H34F2OS/c1-2-3-4-5-6-7-20-8-10-21(11-9-20)22-16-18-25(19-17-22)30-27(31)24-14-12-23(13-15-24)26(28)29/h12-21,26H,2-11H2,1H3. The van der Waals surface area contributed by atoms with E-state index in [1.165, 1.54) is 81.9 Å². The Morgan fingerprint density at radius 1 is 0.903 bits per heavy atom. The molecule has 1 nitrogen and oxygen atoms in total. The predicted molar refractivity (Wildman–Crippen MR) is 128 cm³/mol. The van der Waals surface area contributed by atoms with E-state index < -0.39 is 6.43 Å². The van der Waals surface area contributed by atoms with E-state index in [2.05, 4.69) is 19.1 Å². The van der Waals surface area contributed by atoms with E-state index in [0.29, 0.717) is 22.3 Å². The predicted octanol–water partition coefficient (Wildman–Crippen LogP) is 9.01. The molecule has 1 aliphatic rings. The van der Waals surface area contributed by atoms with Crippen molar-refractivity contribution < 1.29 is 13.5 Å². The lowest BCUT2D eigenvalue weighted by molar-refractivity contribution is 0.151. The van der Waals surface area contributed by atoms with E-state index in [1.807, 2.05) is 12.1 Å². The molecule has 0 amide bonds. The first-order valence-corrected chi connectivity index (χ1v) is 12.2. The average Bonchev–Trinajstić information content (AvgIpc) is 2.80. The van der Waals surface area contributed by atoms with Crippen LogP contribution in [0.4, 0.5) is 8.78 Å². The van der Waals surface area contributed by atoms with E-state index in [1.54, 1.807) is 12.1 Å². The molecule has 2 aromatic rings. The lowest BCUT2D eigenvalue weighted by Gasteiger charge is -2.29. The van der Waals surface area contributed by atoms with Gasteiger partial charge in [0.1, 0.15) is 5.75 Å². The van der Waals surface area contributed by atoms with Crippen molar-refractivity contribution in [1.82, 2.24) is 0 Å². The van der Waals surface area contributed by atoms with Crippen molar-refractivity contribution in [3.63, 3.8) is 0 Å². The molecule has 1 fully saturated rings. The van der Waals surface area contributed by atoms with Gasteiger partial charge in [0.2, 0.25) is 0 Å². The van der Waals surface area contributed by atoms with Crippen molar-refractivity contribution >= 4 is 17.3 Å². The van der Waals surface area contributed by atoms with Crippen molar-refractivity contribution in [3.05, 3.63) is 65.2 Å². The second-order valence-corrected chi connectivity index (χ2v) is 9.17. The summed E-state index contributed by atoms with van der Waals surface area (Å²) in [5.41, 5.74) is 2.00. The number of thiocarbonyl (C=S) groups is 1. The summed E-state index contributed by atoms with van der Waals surface area (Å²) in [6, 6.07) is 14.2. The number of hydrogen-bond donors (Lipinski definition) is 0. The van der Waals surface area contributed by atoms with Crippen molar-refractivity contribution in [2.75, 3.05) is 0 Å². The number of halogens is 2. The lowest BCUT2D eigenvalue weighted by Crippen LogP contribution is -2.13. The maximum absolute atomic E-state index is 12.7. The molecule has 2 aromatic carbocycles. The van der Waals surface area contributed by atoms with Gasteiger partial charge in [0.05, 0.1) is 0 Å². The fourth-order valence-corrected chi connectivity index (χ4v) is 4.79. The highest BCUT2D eigenvalue weighted by Crippen LogP contribution is 2.38. The van der Waals surface area contributed by atoms with Crippen LogP contribution in [0.3, 0.4) is 0 Å². The molecule has 0 spiro atoms. The molecule has 4 heteroatoms. The van der Waals surface area contributed by atoms with Crippen molar-refractivity contribution in [2.45, 2.75) is 83.5 Å². The van der Waals surface area contributed by atoms with E-state index in [-0.39, 0.29) is 5.56 Å². The molecule has 0 N–H and O–H groups in total. The van der Waals surface area contributed by atoms with Gasteiger partial charge in [0.25, 0.3) is 6.43 Å². The zero-order chi connectivity index (χ0) is 22.1. The minimum absolute atomic E-state index is 0.0119. The van der Waals surface area contributed by atoms with E-state index >= 15 is 0 Å². The van der Waals surface area contributed by atoms with Crippen LogP contribution >= 0.6 is 12.2 Å². The van der Waals surface area contributed by atoms with Gasteiger partial charge in [-0.3, -0.25) is 0 Å². The van der Waals surface area contributed by atoms with Crippen LogP contribution in [0.2, 0.25) is 0 Å².